The smallest absolute Gasteiger partial charge is 0.242 e. The molecule has 0 spiro atoms. The predicted molar refractivity (Wildman–Crippen MR) is 139 cm³/mol. The van der Waals surface area contributed by atoms with Crippen molar-refractivity contribution in [2.24, 2.45) is 0 Å². The molecule has 0 saturated heterocycles. The van der Waals surface area contributed by atoms with Gasteiger partial charge in [0.25, 0.3) is 0 Å². The molecule has 1 aromatic heterocycles. The lowest BCUT2D eigenvalue weighted by atomic mass is 10.1. The molecule has 0 bridgehead atoms. The first-order valence-electron chi connectivity index (χ1n) is 12.8. The summed E-state index contributed by atoms with van der Waals surface area (Å²) in [5.41, 5.74) is 1.02. The molecule has 0 saturated carbocycles. The van der Waals surface area contributed by atoms with Crippen LogP contribution in [0.3, 0.4) is 0 Å². The van der Waals surface area contributed by atoms with Gasteiger partial charge in [0.15, 0.2) is 11.5 Å². The van der Waals surface area contributed by atoms with E-state index in [4.69, 9.17) is 18.6 Å². The molecule has 2 aromatic rings. The number of benzene rings is 1. The molecule has 2 rings (SSSR count). The van der Waals surface area contributed by atoms with Crippen LogP contribution in [0, 0.1) is 0 Å². The molecule has 0 aliphatic carbocycles. The Kier molecular flexibility index (Phi) is 13.5. The number of hydrogen-bond acceptors (Lipinski definition) is 6. The van der Waals surface area contributed by atoms with Crippen molar-refractivity contribution < 1.29 is 28.2 Å². The van der Waals surface area contributed by atoms with Gasteiger partial charge in [0.05, 0.1) is 40.2 Å². The molecule has 0 N–H and O–H groups in total. The number of ether oxygens (including phenoxy) is 3. The van der Waals surface area contributed by atoms with Gasteiger partial charge in [0, 0.05) is 26.6 Å². The molecule has 0 atom stereocenters. The van der Waals surface area contributed by atoms with Crippen LogP contribution in [0.15, 0.2) is 41.0 Å². The fourth-order valence-electron chi connectivity index (χ4n) is 3.98. The first-order valence-corrected chi connectivity index (χ1v) is 12.8. The van der Waals surface area contributed by atoms with E-state index in [0.29, 0.717) is 56.3 Å². The third kappa shape index (κ3) is 9.93. The fourth-order valence-corrected chi connectivity index (χ4v) is 3.98. The highest BCUT2D eigenvalue weighted by Crippen LogP contribution is 2.27. The molecular formula is C28H42N2O6. The number of rotatable bonds is 18. The lowest BCUT2D eigenvalue weighted by Crippen LogP contribution is -2.44. The predicted octanol–water partition coefficient (Wildman–Crippen LogP) is 4.70. The molecule has 2 amide bonds. The summed E-state index contributed by atoms with van der Waals surface area (Å²) in [4.78, 5) is 29.7. The number of hydrogen-bond donors (Lipinski definition) is 0. The maximum atomic E-state index is 13.4. The normalized spacial score (nSPS) is 10.8. The summed E-state index contributed by atoms with van der Waals surface area (Å²) in [5, 5.41) is 0. The van der Waals surface area contributed by atoms with Crippen LogP contribution >= 0.6 is 0 Å². The molecule has 0 aliphatic rings. The zero-order valence-corrected chi connectivity index (χ0v) is 22.3. The molecule has 1 aromatic carbocycles. The van der Waals surface area contributed by atoms with Gasteiger partial charge in [-0.3, -0.25) is 9.59 Å². The lowest BCUT2D eigenvalue weighted by Gasteiger charge is -2.27. The summed E-state index contributed by atoms with van der Waals surface area (Å²) >= 11 is 0. The fraction of sp³-hybridized carbons (Fsp3) is 0.571. The van der Waals surface area contributed by atoms with Gasteiger partial charge in [-0.15, -0.1) is 0 Å². The van der Waals surface area contributed by atoms with Gasteiger partial charge in [-0.1, -0.05) is 38.7 Å². The molecule has 0 aliphatic heterocycles. The number of methoxy groups -OCH3 is 3. The Bertz CT molecular complexity index is 899. The van der Waals surface area contributed by atoms with E-state index >= 15 is 0 Å². The first kappa shape index (κ1) is 29.2. The summed E-state index contributed by atoms with van der Waals surface area (Å²) in [7, 11) is 4.80. The van der Waals surface area contributed by atoms with Crippen LogP contribution in [0.25, 0.3) is 0 Å². The highest BCUT2D eigenvalue weighted by Gasteiger charge is 2.22. The molecule has 0 unspecified atom stereocenters. The van der Waals surface area contributed by atoms with E-state index in [-0.39, 0.29) is 18.4 Å². The van der Waals surface area contributed by atoms with Crippen molar-refractivity contribution in [1.29, 1.82) is 0 Å². The van der Waals surface area contributed by atoms with Gasteiger partial charge in [-0.05, 0) is 42.7 Å². The molecule has 8 nitrogen and oxygen atoms in total. The van der Waals surface area contributed by atoms with Crippen LogP contribution in [-0.2, 0) is 27.3 Å². The van der Waals surface area contributed by atoms with E-state index in [2.05, 4.69) is 6.92 Å². The number of nitrogens with zero attached hydrogens (tertiary/aromatic N) is 2. The van der Waals surface area contributed by atoms with Crippen LogP contribution in [0.4, 0.5) is 0 Å². The Labute approximate surface area is 215 Å². The number of amides is 2. The topological polar surface area (TPSA) is 81.5 Å². The molecule has 8 heteroatoms. The van der Waals surface area contributed by atoms with Gasteiger partial charge >= 0.3 is 0 Å². The summed E-state index contributed by atoms with van der Waals surface area (Å²) < 4.78 is 21.4. The SMILES string of the molecule is CCCCCCCC(=O)N(CCOC)CC(=O)N(CCc1ccc(OC)c(OC)c1)Cc1ccco1. The minimum absolute atomic E-state index is 0.00487. The maximum Gasteiger partial charge on any atom is 0.242 e. The average molecular weight is 503 g/mol. The Morgan fingerprint density at radius 2 is 1.67 bits per heavy atom. The van der Waals surface area contributed by atoms with E-state index in [0.717, 1.165) is 31.2 Å². The second-order valence-corrected chi connectivity index (χ2v) is 8.81. The van der Waals surface area contributed by atoms with E-state index in [9.17, 15) is 9.59 Å². The second kappa shape index (κ2) is 16.6. The quantitative estimate of drug-likeness (QED) is 0.275. The number of carbonyl (C=O) groups is 2. The van der Waals surface area contributed by atoms with Gasteiger partial charge < -0.3 is 28.4 Å². The van der Waals surface area contributed by atoms with Crippen LogP contribution < -0.4 is 9.47 Å². The zero-order chi connectivity index (χ0) is 26.2. The Morgan fingerprint density at radius 1 is 0.889 bits per heavy atom. The van der Waals surface area contributed by atoms with Gasteiger partial charge in [-0.2, -0.15) is 0 Å². The molecule has 1 heterocycles. The van der Waals surface area contributed by atoms with E-state index in [1.165, 1.54) is 6.42 Å². The van der Waals surface area contributed by atoms with Crippen LogP contribution in [-0.4, -0.2) is 69.2 Å². The number of carbonyl (C=O) groups excluding carboxylic acids is 2. The molecule has 200 valence electrons. The number of unbranched alkanes of at least 4 members (excludes halogenated alkanes) is 4. The Balaban J connectivity index is 2.07. The van der Waals surface area contributed by atoms with Crippen molar-refractivity contribution in [3.63, 3.8) is 0 Å². The Hall–Kier alpha value is -3.00. The summed E-state index contributed by atoms with van der Waals surface area (Å²) in [6.45, 7) is 3.77. The molecule has 36 heavy (non-hydrogen) atoms. The van der Waals surface area contributed by atoms with Gasteiger partial charge in [-0.25, -0.2) is 0 Å². The van der Waals surface area contributed by atoms with Gasteiger partial charge in [0.2, 0.25) is 11.8 Å². The van der Waals surface area contributed by atoms with E-state index in [1.54, 1.807) is 43.5 Å². The summed E-state index contributed by atoms with van der Waals surface area (Å²) in [5.74, 6) is 1.87. The first-order chi connectivity index (χ1) is 17.5. The van der Waals surface area contributed by atoms with Crippen LogP contribution in [0.2, 0.25) is 0 Å². The highest BCUT2D eigenvalue weighted by molar-refractivity contribution is 5.84. The third-order valence-electron chi connectivity index (χ3n) is 6.14. The molecule has 0 radical (unpaired) electrons. The minimum Gasteiger partial charge on any atom is -0.493 e. The highest BCUT2D eigenvalue weighted by atomic mass is 16.5. The maximum absolute atomic E-state index is 13.4. The van der Waals surface area contributed by atoms with Crippen molar-refractivity contribution in [3.05, 3.63) is 47.9 Å². The van der Waals surface area contributed by atoms with Crippen molar-refractivity contribution >= 4 is 11.8 Å². The van der Waals surface area contributed by atoms with Crippen LogP contribution in [0.5, 0.6) is 11.5 Å². The second-order valence-electron chi connectivity index (χ2n) is 8.81. The van der Waals surface area contributed by atoms with Crippen molar-refractivity contribution in [2.75, 3.05) is 47.6 Å². The summed E-state index contributed by atoms with van der Waals surface area (Å²) in [6.07, 6.45) is 8.01. The van der Waals surface area contributed by atoms with E-state index < -0.39 is 0 Å². The van der Waals surface area contributed by atoms with Crippen molar-refractivity contribution in [1.82, 2.24) is 9.80 Å². The zero-order valence-electron chi connectivity index (χ0n) is 22.3. The summed E-state index contributed by atoms with van der Waals surface area (Å²) in [6, 6.07) is 9.39. The Morgan fingerprint density at radius 3 is 2.33 bits per heavy atom. The van der Waals surface area contributed by atoms with E-state index in [1.807, 2.05) is 24.3 Å². The van der Waals surface area contributed by atoms with Gasteiger partial charge in [0.1, 0.15) is 5.76 Å². The van der Waals surface area contributed by atoms with Crippen molar-refractivity contribution in [3.8, 4) is 11.5 Å². The largest absolute Gasteiger partial charge is 0.493 e. The molecule has 0 fully saturated rings. The monoisotopic (exact) mass is 502 g/mol. The average Bonchev–Trinajstić information content (AvgIpc) is 3.41. The minimum atomic E-state index is -0.123. The standard InChI is InChI=1S/C28H42N2O6/c1-5-6-7-8-9-12-27(31)30(17-19-33-2)22-28(32)29(21-24-11-10-18-36-24)16-15-23-13-14-25(34-3)26(20-23)35-4/h10-11,13-14,18,20H,5-9,12,15-17,19,21-22H2,1-4H3. The third-order valence-corrected chi connectivity index (χ3v) is 6.14. The van der Waals surface area contributed by atoms with Crippen LogP contribution in [0.1, 0.15) is 56.8 Å². The molecular weight excluding hydrogens is 460 g/mol. The number of furan rings is 1. The lowest BCUT2D eigenvalue weighted by molar-refractivity contribution is -0.141. The van der Waals surface area contributed by atoms with Crippen molar-refractivity contribution in [2.45, 2.75) is 58.4 Å².